The van der Waals surface area contributed by atoms with Crippen LogP contribution >= 0.6 is 0 Å². The molecular weight excluding hydrogens is 211 g/mol. The van der Waals surface area contributed by atoms with Crippen LogP contribution < -0.4 is 0 Å². The minimum atomic E-state index is -0.967. The fourth-order valence-electron chi connectivity index (χ4n) is 1.63. The van der Waals surface area contributed by atoms with Crippen molar-refractivity contribution < 1.29 is 19.4 Å². The van der Waals surface area contributed by atoms with Crippen LogP contribution in [0.25, 0.3) is 0 Å². The maximum absolute atomic E-state index is 12.9. The number of carboxylic acids is 1. The van der Waals surface area contributed by atoms with Crippen molar-refractivity contribution in [2.24, 2.45) is 5.92 Å². The van der Waals surface area contributed by atoms with Crippen LogP contribution in [0.1, 0.15) is 18.9 Å². The van der Waals surface area contributed by atoms with Gasteiger partial charge in [0.25, 0.3) is 0 Å². The molecule has 0 fully saturated rings. The number of benzene rings is 1. The van der Waals surface area contributed by atoms with Crippen molar-refractivity contribution in [3.8, 4) is 0 Å². The average molecular weight is 226 g/mol. The van der Waals surface area contributed by atoms with Crippen molar-refractivity contribution in [3.05, 3.63) is 35.6 Å². The van der Waals surface area contributed by atoms with E-state index in [4.69, 9.17) is 10.2 Å². The maximum Gasteiger partial charge on any atom is 0.306 e. The zero-order valence-corrected chi connectivity index (χ0v) is 9.06. The number of hydrogen-bond acceptors (Lipinski definition) is 2. The number of carbonyl (C=O) groups is 1. The fourth-order valence-corrected chi connectivity index (χ4v) is 1.63. The van der Waals surface area contributed by atoms with Crippen molar-refractivity contribution in [2.45, 2.75) is 25.9 Å². The summed E-state index contributed by atoms with van der Waals surface area (Å²) in [6.07, 6.45) is -0.265. The van der Waals surface area contributed by atoms with E-state index < -0.39 is 18.0 Å². The molecule has 0 spiro atoms. The van der Waals surface area contributed by atoms with Gasteiger partial charge < -0.3 is 10.2 Å². The zero-order chi connectivity index (χ0) is 12.1. The first-order chi connectivity index (χ1) is 7.49. The highest BCUT2D eigenvalue weighted by molar-refractivity contribution is 5.70. The molecule has 0 aliphatic heterocycles. The highest BCUT2D eigenvalue weighted by Gasteiger charge is 2.20. The van der Waals surface area contributed by atoms with Crippen molar-refractivity contribution in [2.75, 3.05) is 0 Å². The highest BCUT2D eigenvalue weighted by Crippen LogP contribution is 2.15. The summed E-state index contributed by atoms with van der Waals surface area (Å²) in [5, 5.41) is 18.1. The molecule has 2 N–H and O–H groups in total. The molecule has 1 rings (SSSR count). The lowest BCUT2D eigenvalue weighted by atomic mass is 9.94. The van der Waals surface area contributed by atoms with Gasteiger partial charge in [-0.15, -0.1) is 0 Å². The van der Waals surface area contributed by atoms with Gasteiger partial charge in [0.05, 0.1) is 12.0 Å². The predicted octanol–water partition coefficient (Wildman–Crippen LogP) is 1.84. The highest BCUT2D eigenvalue weighted by atomic mass is 19.1. The Balaban J connectivity index is 2.71. The molecule has 0 bridgehead atoms. The Hall–Kier alpha value is -1.42. The Kier molecular flexibility index (Phi) is 4.43. The molecule has 0 saturated carbocycles. The number of halogens is 1. The molecule has 1 aromatic rings. The van der Waals surface area contributed by atoms with Crippen LogP contribution in [-0.2, 0) is 11.2 Å². The standard InChI is InChI=1S/C12H15FO3/c1-8(14)5-10(12(15)16)6-9-3-2-4-11(13)7-9/h2-4,7-8,10,14H,5-6H2,1H3,(H,15,16). The fraction of sp³-hybridized carbons (Fsp3) is 0.417. The minimum absolute atomic E-state index is 0.172. The van der Waals surface area contributed by atoms with Crippen LogP contribution in [0.3, 0.4) is 0 Å². The Morgan fingerprint density at radius 1 is 1.50 bits per heavy atom. The van der Waals surface area contributed by atoms with Gasteiger partial charge in [0, 0.05) is 0 Å². The molecule has 1 aromatic carbocycles. The summed E-state index contributed by atoms with van der Waals surface area (Å²) >= 11 is 0. The van der Waals surface area contributed by atoms with Gasteiger partial charge in [0.1, 0.15) is 5.82 Å². The molecule has 2 atom stereocenters. The molecule has 16 heavy (non-hydrogen) atoms. The number of hydrogen-bond donors (Lipinski definition) is 2. The molecule has 0 aliphatic rings. The summed E-state index contributed by atoms with van der Waals surface area (Å²) in [4.78, 5) is 10.9. The van der Waals surface area contributed by atoms with Gasteiger partial charge in [0.15, 0.2) is 0 Å². The van der Waals surface area contributed by atoms with Crippen LogP contribution in [0.2, 0.25) is 0 Å². The van der Waals surface area contributed by atoms with Crippen LogP contribution in [0, 0.1) is 11.7 Å². The van der Waals surface area contributed by atoms with Gasteiger partial charge in [-0.2, -0.15) is 0 Å². The van der Waals surface area contributed by atoms with Gasteiger partial charge in [-0.3, -0.25) is 4.79 Å². The first-order valence-electron chi connectivity index (χ1n) is 5.14. The topological polar surface area (TPSA) is 57.5 Å². The third-order valence-electron chi connectivity index (χ3n) is 2.35. The molecule has 2 unspecified atom stereocenters. The second-order valence-corrected chi connectivity index (χ2v) is 3.95. The summed E-state index contributed by atoms with van der Waals surface area (Å²) in [6, 6.07) is 5.86. The van der Waals surface area contributed by atoms with Crippen molar-refractivity contribution >= 4 is 5.97 Å². The average Bonchev–Trinajstić information content (AvgIpc) is 2.15. The largest absolute Gasteiger partial charge is 0.481 e. The second kappa shape index (κ2) is 5.61. The van der Waals surface area contributed by atoms with Gasteiger partial charge in [-0.1, -0.05) is 12.1 Å². The molecule has 0 aromatic heterocycles. The lowest BCUT2D eigenvalue weighted by Crippen LogP contribution is -2.21. The number of rotatable bonds is 5. The number of aliphatic hydroxyl groups is 1. The lowest BCUT2D eigenvalue weighted by Gasteiger charge is -2.14. The molecular formula is C12H15FO3. The van der Waals surface area contributed by atoms with E-state index in [1.807, 2.05) is 0 Å². The van der Waals surface area contributed by atoms with E-state index in [1.165, 1.54) is 12.1 Å². The van der Waals surface area contributed by atoms with Gasteiger partial charge >= 0.3 is 5.97 Å². The SMILES string of the molecule is CC(O)CC(Cc1cccc(F)c1)C(=O)O. The van der Waals surface area contributed by atoms with Gasteiger partial charge in [0.2, 0.25) is 0 Å². The van der Waals surface area contributed by atoms with Crippen LogP contribution in [-0.4, -0.2) is 22.3 Å². The van der Waals surface area contributed by atoms with Crippen molar-refractivity contribution in [1.82, 2.24) is 0 Å². The predicted molar refractivity (Wildman–Crippen MR) is 57.5 cm³/mol. The van der Waals surface area contributed by atoms with E-state index in [-0.39, 0.29) is 18.7 Å². The van der Waals surface area contributed by atoms with Gasteiger partial charge in [-0.05, 0) is 37.5 Å². The van der Waals surface area contributed by atoms with Crippen molar-refractivity contribution in [3.63, 3.8) is 0 Å². The second-order valence-electron chi connectivity index (χ2n) is 3.95. The summed E-state index contributed by atoms with van der Waals surface area (Å²) < 4.78 is 12.9. The van der Waals surface area contributed by atoms with E-state index in [9.17, 15) is 9.18 Å². The summed E-state index contributed by atoms with van der Waals surface area (Å²) in [5.41, 5.74) is 0.632. The normalized spacial score (nSPS) is 14.4. The van der Waals surface area contributed by atoms with E-state index in [0.29, 0.717) is 5.56 Å². The van der Waals surface area contributed by atoms with E-state index in [2.05, 4.69) is 0 Å². The van der Waals surface area contributed by atoms with Crippen LogP contribution in [0.15, 0.2) is 24.3 Å². The third kappa shape index (κ3) is 3.98. The Bertz CT molecular complexity index is 363. The Morgan fingerprint density at radius 2 is 2.19 bits per heavy atom. The maximum atomic E-state index is 12.9. The minimum Gasteiger partial charge on any atom is -0.481 e. The van der Waals surface area contributed by atoms with E-state index in [0.717, 1.165) is 0 Å². The van der Waals surface area contributed by atoms with E-state index in [1.54, 1.807) is 19.1 Å². The molecule has 88 valence electrons. The summed E-state index contributed by atoms with van der Waals surface area (Å²) in [6.45, 7) is 1.54. The molecule has 0 aliphatic carbocycles. The molecule has 4 heteroatoms. The smallest absolute Gasteiger partial charge is 0.306 e. The number of aliphatic carboxylic acids is 1. The lowest BCUT2D eigenvalue weighted by molar-refractivity contribution is -0.142. The van der Waals surface area contributed by atoms with Crippen molar-refractivity contribution in [1.29, 1.82) is 0 Å². The molecule has 0 heterocycles. The summed E-state index contributed by atoms with van der Waals surface area (Å²) in [7, 11) is 0. The summed E-state index contributed by atoms with van der Waals surface area (Å²) in [5.74, 6) is -2.02. The quantitative estimate of drug-likeness (QED) is 0.805. The number of aliphatic hydroxyl groups excluding tert-OH is 1. The Morgan fingerprint density at radius 3 is 2.69 bits per heavy atom. The first kappa shape index (κ1) is 12.6. The van der Waals surface area contributed by atoms with E-state index >= 15 is 0 Å². The monoisotopic (exact) mass is 226 g/mol. The molecule has 0 saturated heterocycles. The molecule has 0 radical (unpaired) electrons. The zero-order valence-electron chi connectivity index (χ0n) is 9.06. The number of carboxylic acid groups (broad SMARTS) is 1. The first-order valence-corrected chi connectivity index (χ1v) is 5.14. The molecule has 0 amide bonds. The molecule has 3 nitrogen and oxygen atoms in total. The third-order valence-corrected chi connectivity index (χ3v) is 2.35. The van der Waals surface area contributed by atoms with Crippen LogP contribution in [0.5, 0.6) is 0 Å². The Labute approximate surface area is 93.5 Å². The van der Waals surface area contributed by atoms with Crippen LogP contribution in [0.4, 0.5) is 4.39 Å². The van der Waals surface area contributed by atoms with Gasteiger partial charge in [-0.25, -0.2) is 4.39 Å².